The van der Waals surface area contributed by atoms with Crippen LogP contribution < -0.4 is 14.9 Å². The zero-order chi connectivity index (χ0) is 24.8. The predicted molar refractivity (Wildman–Crippen MR) is 137 cm³/mol. The fourth-order valence-corrected chi connectivity index (χ4v) is 5.11. The normalized spacial score (nSPS) is 13.9. The van der Waals surface area contributed by atoms with Crippen LogP contribution in [0.15, 0.2) is 77.7 Å². The molecule has 1 fully saturated rings. The maximum Gasteiger partial charge on any atom is 0.255 e. The SMILES string of the molecule is CC(=O)c1ccc(S(=O)(=O)NCc2ccc(C(=O)Nc3ccccc3N3CCCCC3)cc2)cc1. The van der Waals surface area contributed by atoms with Crippen molar-refractivity contribution >= 4 is 33.1 Å². The average Bonchev–Trinajstić information content (AvgIpc) is 2.88. The van der Waals surface area contributed by atoms with Crippen LogP contribution in [0.4, 0.5) is 11.4 Å². The quantitative estimate of drug-likeness (QED) is 0.449. The molecule has 0 aromatic heterocycles. The van der Waals surface area contributed by atoms with Gasteiger partial charge in [0.15, 0.2) is 5.78 Å². The van der Waals surface area contributed by atoms with Crippen molar-refractivity contribution in [2.75, 3.05) is 23.3 Å². The Labute approximate surface area is 206 Å². The lowest BCUT2D eigenvalue weighted by Crippen LogP contribution is -2.30. The topological polar surface area (TPSA) is 95.6 Å². The molecule has 1 saturated heterocycles. The molecule has 0 saturated carbocycles. The van der Waals surface area contributed by atoms with E-state index < -0.39 is 10.0 Å². The smallest absolute Gasteiger partial charge is 0.255 e. The van der Waals surface area contributed by atoms with Crippen molar-refractivity contribution in [3.8, 4) is 0 Å². The van der Waals surface area contributed by atoms with E-state index in [0.29, 0.717) is 11.1 Å². The Morgan fingerprint density at radius 1 is 0.829 bits per heavy atom. The Balaban J connectivity index is 1.38. The van der Waals surface area contributed by atoms with Gasteiger partial charge in [-0.1, -0.05) is 36.4 Å². The highest BCUT2D eigenvalue weighted by atomic mass is 32.2. The van der Waals surface area contributed by atoms with E-state index in [1.165, 1.54) is 37.6 Å². The first-order chi connectivity index (χ1) is 16.8. The molecule has 3 aromatic rings. The van der Waals surface area contributed by atoms with E-state index in [0.717, 1.165) is 42.9 Å². The maximum atomic E-state index is 12.9. The molecule has 0 atom stereocenters. The van der Waals surface area contributed by atoms with Gasteiger partial charge in [-0.15, -0.1) is 0 Å². The van der Waals surface area contributed by atoms with E-state index in [1.54, 1.807) is 24.3 Å². The molecule has 2 N–H and O–H groups in total. The number of nitrogens with one attached hydrogen (secondary N) is 2. The number of ketones is 1. The number of hydrogen-bond donors (Lipinski definition) is 2. The lowest BCUT2D eigenvalue weighted by Gasteiger charge is -2.30. The number of benzene rings is 3. The van der Waals surface area contributed by atoms with Gasteiger partial charge in [0.25, 0.3) is 5.91 Å². The Hall–Kier alpha value is -3.49. The van der Waals surface area contributed by atoms with E-state index in [1.807, 2.05) is 24.3 Å². The molecule has 0 spiro atoms. The molecule has 1 aliphatic heterocycles. The molecule has 3 aromatic carbocycles. The van der Waals surface area contributed by atoms with Crippen molar-refractivity contribution in [2.24, 2.45) is 0 Å². The van der Waals surface area contributed by atoms with Crippen molar-refractivity contribution in [3.05, 3.63) is 89.5 Å². The summed E-state index contributed by atoms with van der Waals surface area (Å²) in [4.78, 5) is 26.7. The average molecular weight is 492 g/mol. The summed E-state index contributed by atoms with van der Waals surface area (Å²) in [6.07, 6.45) is 3.54. The van der Waals surface area contributed by atoms with Crippen molar-refractivity contribution in [1.29, 1.82) is 0 Å². The molecule has 4 rings (SSSR count). The highest BCUT2D eigenvalue weighted by molar-refractivity contribution is 7.89. The van der Waals surface area contributed by atoms with Gasteiger partial charge in [-0.3, -0.25) is 9.59 Å². The Kier molecular flexibility index (Phi) is 7.63. The van der Waals surface area contributed by atoms with Gasteiger partial charge in [-0.05, 0) is 68.1 Å². The second-order valence-electron chi connectivity index (χ2n) is 8.62. The minimum atomic E-state index is -3.73. The maximum absolute atomic E-state index is 12.9. The van der Waals surface area contributed by atoms with Crippen LogP contribution in [0.5, 0.6) is 0 Å². The van der Waals surface area contributed by atoms with Crippen LogP contribution in [-0.4, -0.2) is 33.2 Å². The fraction of sp³-hybridized carbons (Fsp3) is 0.259. The second kappa shape index (κ2) is 10.8. The van der Waals surface area contributed by atoms with E-state index >= 15 is 0 Å². The summed E-state index contributed by atoms with van der Waals surface area (Å²) < 4.78 is 27.7. The summed E-state index contributed by atoms with van der Waals surface area (Å²) in [5.74, 6) is -0.340. The summed E-state index contributed by atoms with van der Waals surface area (Å²) >= 11 is 0. The zero-order valence-electron chi connectivity index (χ0n) is 19.7. The minimum absolute atomic E-state index is 0.0798. The number of Topliss-reactive ketones (excluding diaryl/α,β-unsaturated/α-hetero) is 1. The Morgan fingerprint density at radius 2 is 1.46 bits per heavy atom. The molecule has 1 amide bonds. The van der Waals surface area contributed by atoms with Gasteiger partial charge in [-0.25, -0.2) is 13.1 Å². The summed E-state index contributed by atoms with van der Waals surface area (Å²) in [6.45, 7) is 3.48. The van der Waals surface area contributed by atoms with Gasteiger partial charge in [0.1, 0.15) is 0 Å². The minimum Gasteiger partial charge on any atom is -0.370 e. The number of piperidine rings is 1. The summed E-state index contributed by atoms with van der Waals surface area (Å²) in [6, 6.07) is 20.5. The molecular formula is C27H29N3O4S. The first kappa shape index (κ1) is 24.6. The standard InChI is InChI=1S/C27H29N3O4S/c1-20(31)22-13-15-24(16-14-22)35(33,34)28-19-21-9-11-23(12-10-21)27(32)29-25-7-3-4-8-26(25)30-17-5-2-6-18-30/h3-4,7-16,28H,2,5-6,17-19H2,1H3,(H,29,32). The van der Waals surface area contributed by atoms with E-state index in [2.05, 4.69) is 14.9 Å². The van der Waals surface area contributed by atoms with Crippen molar-refractivity contribution < 1.29 is 18.0 Å². The summed E-state index contributed by atoms with van der Waals surface area (Å²) in [7, 11) is -3.73. The van der Waals surface area contributed by atoms with Crippen LogP contribution in [-0.2, 0) is 16.6 Å². The predicted octanol–water partition coefficient (Wildman–Crippen LogP) is 4.61. The lowest BCUT2D eigenvalue weighted by molar-refractivity contribution is 0.101. The summed E-state index contributed by atoms with van der Waals surface area (Å²) in [5, 5.41) is 3.02. The number of carbonyl (C=O) groups is 2. The molecule has 8 heteroatoms. The molecule has 1 aliphatic rings. The highest BCUT2D eigenvalue weighted by Gasteiger charge is 2.17. The van der Waals surface area contributed by atoms with Crippen molar-refractivity contribution in [3.63, 3.8) is 0 Å². The molecule has 0 unspecified atom stereocenters. The molecule has 1 heterocycles. The van der Waals surface area contributed by atoms with E-state index in [-0.39, 0.29) is 23.1 Å². The molecule has 7 nitrogen and oxygen atoms in total. The second-order valence-corrected chi connectivity index (χ2v) is 10.4. The van der Waals surface area contributed by atoms with Crippen LogP contribution in [0, 0.1) is 0 Å². The van der Waals surface area contributed by atoms with Gasteiger partial charge in [0.2, 0.25) is 10.0 Å². The highest BCUT2D eigenvalue weighted by Crippen LogP contribution is 2.28. The van der Waals surface area contributed by atoms with Gasteiger partial charge in [0.05, 0.1) is 16.3 Å². The zero-order valence-corrected chi connectivity index (χ0v) is 20.5. The Bertz CT molecular complexity index is 1300. The molecule has 0 aliphatic carbocycles. The number of anilines is 2. The van der Waals surface area contributed by atoms with E-state index in [4.69, 9.17) is 0 Å². The van der Waals surface area contributed by atoms with Gasteiger partial charge in [-0.2, -0.15) is 0 Å². The third kappa shape index (κ3) is 6.15. The number of para-hydroxylation sites is 2. The fourth-order valence-electron chi connectivity index (χ4n) is 4.09. The molecule has 35 heavy (non-hydrogen) atoms. The van der Waals surface area contributed by atoms with Crippen LogP contribution >= 0.6 is 0 Å². The van der Waals surface area contributed by atoms with Crippen LogP contribution in [0.3, 0.4) is 0 Å². The third-order valence-electron chi connectivity index (χ3n) is 6.10. The van der Waals surface area contributed by atoms with Gasteiger partial charge >= 0.3 is 0 Å². The number of amides is 1. The summed E-state index contributed by atoms with van der Waals surface area (Å²) in [5.41, 5.74) is 3.48. The number of hydrogen-bond acceptors (Lipinski definition) is 5. The number of sulfonamides is 1. The first-order valence-electron chi connectivity index (χ1n) is 11.7. The van der Waals surface area contributed by atoms with Crippen LogP contribution in [0.25, 0.3) is 0 Å². The Morgan fingerprint density at radius 3 is 2.11 bits per heavy atom. The van der Waals surface area contributed by atoms with Gasteiger partial charge < -0.3 is 10.2 Å². The van der Waals surface area contributed by atoms with Crippen LogP contribution in [0.1, 0.15) is 52.5 Å². The molecule has 0 bridgehead atoms. The number of nitrogens with zero attached hydrogens (tertiary/aromatic N) is 1. The first-order valence-corrected chi connectivity index (χ1v) is 13.2. The largest absolute Gasteiger partial charge is 0.370 e. The number of carbonyl (C=O) groups excluding carboxylic acids is 2. The third-order valence-corrected chi connectivity index (χ3v) is 7.52. The lowest BCUT2D eigenvalue weighted by atomic mass is 10.1. The molecule has 0 radical (unpaired) electrons. The van der Waals surface area contributed by atoms with Crippen LogP contribution in [0.2, 0.25) is 0 Å². The van der Waals surface area contributed by atoms with Gasteiger partial charge in [0, 0.05) is 30.8 Å². The van der Waals surface area contributed by atoms with Crippen molar-refractivity contribution in [2.45, 2.75) is 37.6 Å². The van der Waals surface area contributed by atoms with Crippen molar-refractivity contribution in [1.82, 2.24) is 4.72 Å². The van der Waals surface area contributed by atoms with E-state index in [9.17, 15) is 18.0 Å². The molecule has 182 valence electrons. The molecular weight excluding hydrogens is 462 g/mol. The monoisotopic (exact) mass is 491 g/mol. The number of rotatable bonds is 8.